The Kier molecular flexibility index (Phi) is 4.37. The van der Waals surface area contributed by atoms with Crippen LogP contribution in [0.4, 0.5) is 4.39 Å². The third-order valence-electron chi connectivity index (χ3n) is 3.76. The average Bonchev–Trinajstić information content (AvgIpc) is 2.95. The highest BCUT2D eigenvalue weighted by Crippen LogP contribution is 2.30. The Morgan fingerprint density at radius 3 is 2.96 bits per heavy atom. The van der Waals surface area contributed by atoms with Gasteiger partial charge >= 0.3 is 0 Å². The molecule has 0 spiro atoms. The molecular weight excluding hydrogens is 337 g/mol. The molecule has 128 valence electrons. The number of nitrogens with one attached hydrogen (secondary N) is 1. The Morgan fingerprint density at radius 2 is 2.25 bits per heavy atom. The van der Waals surface area contributed by atoms with Crippen LogP contribution in [0.2, 0.25) is 0 Å². The van der Waals surface area contributed by atoms with Crippen LogP contribution in [-0.2, 0) is 27.8 Å². The molecule has 0 fully saturated rings. The van der Waals surface area contributed by atoms with Crippen molar-refractivity contribution in [3.05, 3.63) is 41.4 Å². The number of fused-ring (bicyclic) bond motifs is 1. The van der Waals surface area contributed by atoms with Crippen molar-refractivity contribution in [2.24, 2.45) is 0 Å². The van der Waals surface area contributed by atoms with E-state index < -0.39 is 10.0 Å². The average molecular weight is 353 g/mol. The lowest BCUT2D eigenvalue weighted by molar-refractivity contribution is -0.130. The van der Waals surface area contributed by atoms with Gasteiger partial charge in [0.1, 0.15) is 17.3 Å². The summed E-state index contributed by atoms with van der Waals surface area (Å²) in [6.45, 7) is 0.360. The minimum atomic E-state index is -3.43. The number of halogens is 1. The van der Waals surface area contributed by atoms with Crippen LogP contribution in [-0.4, -0.2) is 43.7 Å². The Morgan fingerprint density at radius 1 is 1.46 bits per heavy atom. The van der Waals surface area contributed by atoms with Crippen molar-refractivity contribution in [1.29, 1.82) is 0 Å². The first-order valence-electron chi connectivity index (χ1n) is 7.29. The molecular formula is C15H16FN3O4S. The van der Waals surface area contributed by atoms with E-state index in [-0.39, 0.29) is 24.8 Å². The van der Waals surface area contributed by atoms with Gasteiger partial charge in [-0.3, -0.25) is 4.79 Å². The fourth-order valence-electron chi connectivity index (χ4n) is 2.59. The van der Waals surface area contributed by atoms with E-state index >= 15 is 0 Å². The van der Waals surface area contributed by atoms with Crippen LogP contribution in [0.15, 0.2) is 28.8 Å². The van der Waals surface area contributed by atoms with Crippen LogP contribution in [0, 0.1) is 5.82 Å². The predicted octanol–water partition coefficient (Wildman–Crippen LogP) is 0.915. The number of amides is 1. The van der Waals surface area contributed by atoms with Gasteiger partial charge in [-0.25, -0.2) is 17.5 Å². The fraction of sp³-hybridized carbons (Fsp3) is 0.333. The zero-order chi connectivity index (χ0) is 17.3. The Labute approximate surface area is 138 Å². The third-order valence-corrected chi connectivity index (χ3v) is 4.43. The summed E-state index contributed by atoms with van der Waals surface area (Å²) in [6.07, 6.45) is 1.47. The summed E-state index contributed by atoms with van der Waals surface area (Å²) < 4.78 is 43.1. The molecule has 1 aliphatic rings. The monoisotopic (exact) mass is 353 g/mol. The molecule has 24 heavy (non-hydrogen) atoms. The number of rotatable bonds is 4. The molecule has 0 unspecified atom stereocenters. The molecule has 9 heteroatoms. The van der Waals surface area contributed by atoms with Gasteiger partial charge < -0.3 is 9.42 Å². The van der Waals surface area contributed by atoms with Crippen LogP contribution in [0.25, 0.3) is 11.3 Å². The molecule has 2 aromatic rings. The highest BCUT2D eigenvalue weighted by molar-refractivity contribution is 7.88. The number of carbonyl (C=O) groups is 1. The molecule has 2 heterocycles. The number of sulfonamides is 1. The van der Waals surface area contributed by atoms with E-state index in [4.69, 9.17) is 4.52 Å². The Balaban J connectivity index is 1.80. The van der Waals surface area contributed by atoms with Crippen molar-refractivity contribution in [1.82, 2.24) is 14.8 Å². The molecule has 1 amide bonds. The standard InChI is InChI=1S/C15H16FN3O4S/c1-24(21,22)17-8-14(20)19-6-5-13-12(9-19)15(18-23-13)10-3-2-4-11(16)7-10/h2-4,7,17H,5-6,8-9H2,1H3. The quantitative estimate of drug-likeness (QED) is 0.882. The highest BCUT2D eigenvalue weighted by Gasteiger charge is 2.27. The smallest absolute Gasteiger partial charge is 0.237 e. The van der Waals surface area contributed by atoms with Crippen LogP contribution in [0.5, 0.6) is 0 Å². The van der Waals surface area contributed by atoms with E-state index in [9.17, 15) is 17.6 Å². The van der Waals surface area contributed by atoms with Crippen molar-refractivity contribution in [2.45, 2.75) is 13.0 Å². The first kappa shape index (κ1) is 16.6. The molecule has 1 aromatic heterocycles. The third kappa shape index (κ3) is 3.62. The van der Waals surface area contributed by atoms with Gasteiger partial charge in [0.15, 0.2) is 0 Å². The molecule has 0 saturated heterocycles. The Hall–Kier alpha value is -2.26. The summed E-state index contributed by atoms with van der Waals surface area (Å²) in [6, 6.07) is 5.98. The van der Waals surface area contributed by atoms with Gasteiger partial charge in [0.25, 0.3) is 0 Å². The molecule has 0 bridgehead atoms. The molecule has 1 N–H and O–H groups in total. The van der Waals surface area contributed by atoms with Crippen LogP contribution in [0.1, 0.15) is 11.3 Å². The van der Waals surface area contributed by atoms with Gasteiger partial charge in [-0.05, 0) is 12.1 Å². The molecule has 0 radical (unpaired) electrons. The summed E-state index contributed by atoms with van der Waals surface area (Å²) >= 11 is 0. The predicted molar refractivity (Wildman–Crippen MR) is 83.9 cm³/mol. The molecule has 3 rings (SSSR count). The number of hydrogen-bond donors (Lipinski definition) is 1. The summed E-state index contributed by atoms with van der Waals surface area (Å²) in [5.74, 6) is -0.0582. The van der Waals surface area contributed by atoms with Gasteiger partial charge in [-0.2, -0.15) is 0 Å². The van der Waals surface area contributed by atoms with Crippen molar-refractivity contribution in [3.63, 3.8) is 0 Å². The second-order valence-corrected chi connectivity index (χ2v) is 7.43. The summed E-state index contributed by atoms with van der Waals surface area (Å²) in [5.41, 5.74) is 1.79. The molecule has 0 saturated carbocycles. The first-order valence-corrected chi connectivity index (χ1v) is 9.18. The normalized spacial score (nSPS) is 14.5. The second kappa shape index (κ2) is 6.33. The maximum atomic E-state index is 13.4. The van der Waals surface area contributed by atoms with Crippen molar-refractivity contribution < 1.29 is 22.1 Å². The molecule has 0 atom stereocenters. The van der Waals surface area contributed by atoms with E-state index in [0.717, 1.165) is 11.8 Å². The molecule has 1 aromatic carbocycles. The lowest BCUT2D eigenvalue weighted by Crippen LogP contribution is -2.42. The maximum Gasteiger partial charge on any atom is 0.237 e. The fourth-order valence-corrected chi connectivity index (χ4v) is 2.97. The number of hydrogen-bond acceptors (Lipinski definition) is 5. The van der Waals surface area contributed by atoms with Gasteiger partial charge in [0.2, 0.25) is 15.9 Å². The largest absolute Gasteiger partial charge is 0.360 e. The minimum absolute atomic E-state index is 0.245. The molecule has 1 aliphatic heterocycles. The maximum absolute atomic E-state index is 13.4. The van der Waals surface area contributed by atoms with Crippen molar-refractivity contribution in [2.75, 3.05) is 19.3 Å². The van der Waals surface area contributed by atoms with Gasteiger partial charge in [0.05, 0.1) is 19.3 Å². The number of nitrogens with zero attached hydrogens (tertiary/aromatic N) is 2. The van der Waals surface area contributed by atoms with Gasteiger partial charge in [0, 0.05) is 24.1 Å². The first-order chi connectivity index (χ1) is 11.3. The van der Waals surface area contributed by atoms with E-state index in [1.807, 2.05) is 0 Å². The minimum Gasteiger partial charge on any atom is -0.360 e. The SMILES string of the molecule is CS(=O)(=O)NCC(=O)N1CCc2onc(-c3cccc(F)c3)c2C1. The van der Waals surface area contributed by atoms with E-state index in [0.29, 0.717) is 30.0 Å². The van der Waals surface area contributed by atoms with Gasteiger partial charge in [-0.1, -0.05) is 17.3 Å². The highest BCUT2D eigenvalue weighted by atomic mass is 32.2. The van der Waals surface area contributed by atoms with Crippen LogP contribution < -0.4 is 4.72 Å². The van der Waals surface area contributed by atoms with Gasteiger partial charge in [-0.15, -0.1) is 0 Å². The summed E-state index contributed by atoms with van der Waals surface area (Å²) in [7, 11) is -3.43. The Bertz CT molecular complexity index is 879. The molecule has 7 nitrogen and oxygen atoms in total. The number of benzene rings is 1. The summed E-state index contributed by atoms with van der Waals surface area (Å²) in [5, 5.41) is 4.00. The summed E-state index contributed by atoms with van der Waals surface area (Å²) in [4.78, 5) is 13.7. The lowest BCUT2D eigenvalue weighted by atomic mass is 10.0. The number of carbonyl (C=O) groups excluding carboxylic acids is 1. The topological polar surface area (TPSA) is 92.5 Å². The van der Waals surface area contributed by atoms with E-state index in [1.54, 1.807) is 12.1 Å². The van der Waals surface area contributed by atoms with Crippen molar-refractivity contribution >= 4 is 15.9 Å². The second-order valence-electron chi connectivity index (χ2n) is 5.60. The zero-order valence-electron chi connectivity index (χ0n) is 13.0. The molecule has 0 aliphatic carbocycles. The lowest BCUT2D eigenvalue weighted by Gasteiger charge is -2.26. The van der Waals surface area contributed by atoms with E-state index in [1.165, 1.54) is 17.0 Å². The van der Waals surface area contributed by atoms with E-state index in [2.05, 4.69) is 9.88 Å². The van der Waals surface area contributed by atoms with Crippen LogP contribution in [0.3, 0.4) is 0 Å². The zero-order valence-corrected chi connectivity index (χ0v) is 13.8. The van der Waals surface area contributed by atoms with Crippen molar-refractivity contribution in [3.8, 4) is 11.3 Å². The number of aromatic nitrogens is 1. The van der Waals surface area contributed by atoms with Crippen LogP contribution >= 0.6 is 0 Å².